The third-order valence-electron chi connectivity index (χ3n) is 2.31. The SMILES string of the molecule is CC(C)Oc1ccc(C(=O)c2sccc2Cl)cc1. The van der Waals surface area contributed by atoms with Gasteiger partial charge in [0, 0.05) is 5.56 Å². The fraction of sp³-hybridized carbons (Fsp3) is 0.214. The van der Waals surface area contributed by atoms with Gasteiger partial charge in [-0.05, 0) is 49.6 Å². The summed E-state index contributed by atoms with van der Waals surface area (Å²) >= 11 is 7.30. The molecule has 94 valence electrons. The minimum atomic E-state index is -0.0499. The summed E-state index contributed by atoms with van der Waals surface area (Å²) in [4.78, 5) is 12.7. The highest BCUT2D eigenvalue weighted by molar-refractivity contribution is 7.13. The van der Waals surface area contributed by atoms with Gasteiger partial charge in [-0.3, -0.25) is 4.79 Å². The van der Waals surface area contributed by atoms with Crippen LogP contribution in [0.1, 0.15) is 29.1 Å². The van der Waals surface area contributed by atoms with Crippen LogP contribution in [0.15, 0.2) is 35.7 Å². The number of carbonyl (C=O) groups is 1. The number of halogens is 1. The van der Waals surface area contributed by atoms with Gasteiger partial charge in [-0.2, -0.15) is 0 Å². The van der Waals surface area contributed by atoms with Crippen LogP contribution < -0.4 is 4.74 Å². The third-order valence-corrected chi connectivity index (χ3v) is 3.65. The van der Waals surface area contributed by atoms with E-state index in [1.165, 1.54) is 11.3 Å². The van der Waals surface area contributed by atoms with E-state index in [4.69, 9.17) is 16.3 Å². The normalized spacial score (nSPS) is 10.7. The first kappa shape index (κ1) is 13.1. The molecule has 0 fully saturated rings. The average molecular weight is 281 g/mol. The quantitative estimate of drug-likeness (QED) is 0.775. The lowest BCUT2D eigenvalue weighted by Gasteiger charge is -2.09. The predicted molar refractivity (Wildman–Crippen MR) is 75.0 cm³/mol. The largest absolute Gasteiger partial charge is 0.491 e. The number of carbonyl (C=O) groups excluding carboxylic acids is 1. The molecule has 0 radical (unpaired) electrons. The van der Waals surface area contributed by atoms with Crippen LogP contribution in [0.25, 0.3) is 0 Å². The summed E-state index contributed by atoms with van der Waals surface area (Å²) < 4.78 is 5.53. The lowest BCUT2D eigenvalue weighted by Crippen LogP contribution is -2.06. The Balaban J connectivity index is 2.20. The molecule has 4 heteroatoms. The van der Waals surface area contributed by atoms with Crippen molar-refractivity contribution in [2.24, 2.45) is 0 Å². The number of hydrogen-bond acceptors (Lipinski definition) is 3. The van der Waals surface area contributed by atoms with Crippen molar-refractivity contribution in [3.8, 4) is 5.75 Å². The first-order valence-electron chi connectivity index (χ1n) is 5.62. The second kappa shape index (κ2) is 5.55. The van der Waals surface area contributed by atoms with Gasteiger partial charge in [0.05, 0.1) is 16.0 Å². The zero-order chi connectivity index (χ0) is 13.1. The lowest BCUT2D eigenvalue weighted by molar-refractivity contribution is 0.104. The van der Waals surface area contributed by atoms with Crippen LogP contribution in [0.2, 0.25) is 5.02 Å². The van der Waals surface area contributed by atoms with Crippen molar-refractivity contribution in [1.82, 2.24) is 0 Å². The second-order valence-corrected chi connectivity index (χ2v) is 5.44. The van der Waals surface area contributed by atoms with Crippen LogP contribution in [0.4, 0.5) is 0 Å². The summed E-state index contributed by atoms with van der Waals surface area (Å²) in [7, 11) is 0. The van der Waals surface area contributed by atoms with Crippen LogP contribution >= 0.6 is 22.9 Å². The van der Waals surface area contributed by atoms with E-state index in [0.29, 0.717) is 15.5 Å². The predicted octanol–water partition coefficient (Wildman–Crippen LogP) is 4.42. The average Bonchev–Trinajstić information content (AvgIpc) is 2.75. The van der Waals surface area contributed by atoms with Gasteiger partial charge < -0.3 is 4.74 Å². The molecule has 1 heterocycles. The molecule has 2 nitrogen and oxygen atoms in total. The number of ketones is 1. The van der Waals surface area contributed by atoms with Gasteiger partial charge in [-0.15, -0.1) is 11.3 Å². The van der Waals surface area contributed by atoms with Gasteiger partial charge in [0.2, 0.25) is 5.78 Å². The van der Waals surface area contributed by atoms with Gasteiger partial charge in [0.1, 0.15) is 5.75 Å². The number of benzene rings is 1. The van der Waals surface area contributed by atoms with Crippen LogP contribution in [0.5, 0.6) is 5.75 Å². The molecule has 0 saturated heterocycles. The third kappa shape index (κ3) is 2.92. The van der Waals surface area contributed by atoms with Gasteiger partial charge in [0.15, 0.2) is 0 Å². The molecule has 18 heavy (non-hydrogen) atoms. The van der Waals surface area contributed by atoms with Crippen molar-refractivity contribution in [2.75, 3.05) is 0 Å². The maximum Gasteiger partial charge on any atom is 0.204 e. The molecule has 0 spiro atoms. The molecular formula is C14H13ClO2S. The zero-order valence-corrected chi connectivity index (χ0v) is 11.7. The van der Waals surface area contributed by atoms with Crippen LogP contribution in [0, 0.1) is 0 Å². The molecule has 0 amide bonds. The van der Waals surface area contributed by atoms with Crippen LogP contribution in [-0.4, -0.2) is 11.9 Å². The molecule has 1 aromatic heterocycles. The highest BCUT2D eigenvalue weighted by Gasteiger charge is 2.14. The maximum atomic E-state index is 12.1. The summed E-state index contributed by atoms with van der Waals surface area (Å²) in [5.41, 5.74) is 0.621. The molecular weight excluding hydrogens is 268 g/mol. The van der Waals surface area contributed by atoms with E-state index >= 15 is 0 Å². The van der Waals surface area contributed by atoms with E-state index in [1.807, 2.05) is 19.2 Å². The Bertz CT molecular complexity index is 543. The number of ether oxygens (including phenoxy) is 1. The van der Waals surface area contributed by atoms with Crippen molar-refractivity contribution in [3.63, 3.8) is 0 Å². The van der Waals surface area contributed by atoms with Gasteiger partial charge in [0.25, 0.3) is 0 Å². The van der Waals surface area contributed by atoms with Crippen molar-refractivity contribution < 1.29 is 9.53 Å². The molecule has 0 aliphatic rings. The Kier molecular flexibility index (Phi) is 4.04. The molecule has 0 N–H and O–H groups in total. The fourth-order valence-corrected chi connectivity index (χ4v) is 2.65. The number of rotatable bonds is 4. The Morgan fingerprint density at radius 3 is 2.39 bits per heavy atom. The van der Waals surface area contributed by atoms with E-state index in [9.17, 15) is 4.79 Å². The van der Waals surface area contributed by atoms with E-state index in [2.05, 4.69) is 0 Å². The summed E-state index contributed by atoms with van der Waals surface area (Å²) in [6, 6.07) is 8.85. The maximum absolute atomic E-state index is 12.1. The van der Waals surface area contributed by atoms with E-state index < -0.39 is 0 Å². The van der Waals surface area contributed by atoms with Crippen molar-refractivity contribution in [1.29, 1.82) is 0 Å². The smallest absolute Gasteiger partial charge is 0.204 e. The minimum Gasteiger partial charge on any atom is -0.491 e. The summed E-state index contributed by atoms with van der Waals surface area (Å²) in [5.74, 6) is 0.713. The summed E-state index contributed by atoms with van der Waals surface area (Å²) in [5, 5.41) is 2.32. The van der Waals surface area contributed by atoms with Gasteiger partial charge >= 0.3 is 0 Å². The fourth-order valence-electron chi connectivity index (χ4n) is 1.54. The van der Waals surface area contributed by atoms with Crippen molar-refractivity contribution in [3.05, 3.63) is 51.2 Å². The summed E-state index contributed by atoms with van der Waals surface area (Å²) in [6.45, 7) is 3.93. The highest BCUT2D eigenvalue weighted by atomic mass is 35.5. The van der Waals surface area contributed by atoms with Gasteiger partial charge in [-0.1, -0.05) is 11.6 Å². The van der Waals surface area contributed by atoms with Crippen LogP contribution in [0.3, 0.4) is 0 Å². The monoisotopic (exact) mass is 280 g/mol. The Morgan fingerprint density at radius 2 is 1.89 bits per heavy atom. The van der Waals surface area contributed by atoms with Crippen molar-refractivity contribution >= 4 is 28.7 Å². The Labute approximate surface area is 115 Å². The molecule has 0 aliphatic heterocycles. The van der Waals surface area contributed by atoms with E-state index in [-0.39, 0.29) is 11.9 Å². The standard InChI is InChI=1S/C14H13ClO2S/c1-9(2)17-11-5-3-10(4-6-11)13(16)14-12(15)7-8-18-14/h3-9H,1-2H3. The van der Waals surface area contributed by atoms with Crippen LogP contribution in [-0.2, 0) is 0 Å². The molecule has 1 aromatic carbocycles. The molecule has 2 rings (SSSR count). The number of thiophene rings is 1. The molecule has 0 bridgehead atoms. The van der Waals surface area contributed by atoms with E-state index in [0.717, 1.165) is 5.75 Å². The topological polar surface area (TPSA) is 26.3 Å². The van der Waals surface area contributed by atoms with Gasteiger partial charge in [-0.25, -0.2) is 0 Å². The first-order valence-corrected chi connectivity index (χ1v) is 6.88. The summed E-state index contributed by atoms with van der Waals surface area (Å²) in [6.07, 6.45) is 0.123. The first-order chi connectivity index (χ1) is 8.58. The molecule has 0 unspecified atom stereocenters. The lowest BCUT2D eigenvalue weighted by atomic mass is 10.1. The van der Waals surface area contributed by atoms with E-state index in [1.54, 1.807) is 30.3 Å². The number of hydrogen-bond donors (Lipinski definition) is 0. The molecule has 0 saturated carbocycles. The molecule has 2 aromatic rings. The van der Waals surface area contributed by atoms with Crippen molar-refractivity contribution in [2.45, 2.75) is 20.0 Å². The Hall–Kier alpha value is -1.32. The molecule has 0 aliphatic carbocycles. The zero-order valence-electron chi connectivity index (χ0n) is 10.1. The minimum absolute atomic E-state index is 0.0499. The second-order valence-electron chi connectivity index (χ2n) is 4.12. The molecule has 0 atom stereocenters. The Morgan fingerprint density at radius 1 is 1.22 bits per heavy atom. The highest BCUT2D eigenvalue weighted by Crippen LogP contribution is 2.25.